The van der Waals surface area contributed by atoms with Gasteiger partial charge < -0.3 is 24.6 Å². The van der Waals surface area contributed by atoms with E-state index in [-0.39, 0.29) is 19.0 Å². The summed E-state index contributed by atoms with van der Waals surface area (Å²) in [6.45, 7) is 2.18. The molecule has 114 valence electrons. The smallest absolute Gasteiger partial charge is 0.240 e. The Bertz CT molecular complexity index is 605. The van der Waals surface area contributed by atoms with E-state index in [1.807, 2.05) is 18.2 Å². The van der Waals surface area contributed by atoms with E-state index in [9.17, 15) is 0 Å². The fourth-order valence-corrected chi connectivity index (χ4v) is 2.15. The lowest BCUT2D eigenvalue weighted by Crippen LogP contribution is -2.32. The summed E-state index contributed by atoms with van der Waals surface area (Å²) < 4.78 is 15.9. The highest BCUT2D eigenvalue weighted by Crippen LogP contribution is 2.35. The van der Waals surface area contributed by atoms with Gasteiger partial charge in [0.1, 0.15) is 18.1 Å². The first-order valence-electron chi connectivity index (χ1n) is 6.37. The topological polar surface area (TPSA) is 86.6 Å². The predicted molar refractivity (Wildman–Crippen MR) is 79.0 cm³/mol. The summed E-state index contributed by atoms with van der Waals surface area (Å²) in [7, 11) is 1.64. The van der Waals surface area contributed by atoms with Gasteiger partial charge in [0.05, 0.1) is 32.4 Å². The van der Waals surface area contributed by atoms with Gasteiger partial charge in [-0.25, -0.2) is 0 Å². The molecule has 0 unspecified atom stereocenters. The zero-order valence-electron chi connectivity index (χ0n) is 11.6. The van der Waals surface area contributed by atoms with E-state index in [1.165, 1.54) is 0 Å². The van der Waals surface area contributed by atoms with Crippen molar-refractivity contribution in [1.82, 2.24) is 10.1 Å². The number of benzene rings is 1. The maximum atomic E-state index is 5.64. The second-order valence-corrected chi connectivity index (χ2v) is 4.41. The van der Waals surface area contributed by atoms with Crippen LogP contribution in [0.15, 0.2) is 22.7 Å². The van der Waals surface area contributed by atoms with Crippen LogP contribution in [0.3, 0.4) is 0 Å². The molecule has 0 spiro atoms. The molecule has 8 heteroatoms. The van der Waals surface area contributed by atoms with Crippen molar-refractivity contribution in [2.45, 2.75) is 13.1 Å². The Balaban J connectivity index is 0.00000161. The van der Waals surface area contributed by atoms with Crippen LogP contribution in [0.2, 0.25) is 0 Å². The molecule has 0 atom stereocenters. The third-order valence-corrected chi connectivity index (χ3v) is 3.14. The molecular weight excluding hydrogens is 296 g/mol. The number of hydrogen-bond donors (Lipinski definition) is 1. The number of fused-ring (bicyclic) bond motifs is 1. The molecule has 0 radical (unpaired) electrons. The largest absolute Gasteiger partial charge is 0.497 e. The lowest BCUT2D eigenvalue weighted by molar-refractivity contribution is 0.304. The van der Waals surface area contributed by atoms with E-state index >= 15 is 0 Å². The van der Waals surface area contributed by atoms with Gasteiger partial charge in [-0.1, -0.05) is 5.16 Å². The Kier molecular flexibility index (Phi) is 4.87. The van der Waals surface area contributed by atoms with Crippen molar-refractivity contribution < 1.29 is 14.0 Å². The Labute approximate surface area is 128 Å². The number of rotatable bonds is 4. The molecule has 0 aliphatic carbocycles. The van der Waals surface area contributed by atoms with Gasteiger partial charge in [-0.15, -0.1) is 12.4 Å². The van der Waals surface area contributed by atoms with Crippen LogP contribution in [0.5, 0.6) is 11.5 Å². The highest BCUT2D eigenvalue weighted by Gasteiger charge is 2.20. The van der Waals surface area contributed by atoms with Gasteiger partial charge in [-0.3, -0.25) is 0 Å². The average molecular weight is 313 g/mol. The quantitative estimate of drug-likeness (QED) is 0.912. The Hall–Kier alpha value is -1.99. The number of hydrogen-bond acceptors (Lipinski definition) is 7. The van der Waals surface area contributed by atoms with Gasteiger partial charge in [0.15, 0.2) is 5.82 Å². The van der Waals surface area contributed by atoms with E-state index in [1.54, 1.807) is 7.11 Å². The molecule has 1 aromatic carbocycles. The van der Waals surface area contributed by atoms with Gasteiger partial charge in [-0.2, -0.15) is 4.98 Å². The van der Waals surface area contributed by atoms with Crippen molar-refractivity contribution in [3.63, 3.8) is 0 Å². The van der Waals surface area contributed by atoms with E-state index in [4.69, 9.17) is 19.7 Å². The van der Waals surface area contributed by atoms with Crippen molar-refractivity contribution in [3.05, 3.63) is 29.9 Å². The van der Waals surface area contributed by atoms with Crippen molar-refractivity contribution >= 4 is 18.1 Å². The van der Waals surface area contributed by atoms with Crippen molar-refractivity contribution in [3.8, 4) is 11.5 Å². The van der Waals surface area contributed by atoms with Crippen LogP contribution in [-0.2, 0) is 13.1 Å². The second kappa shape index (κ2) is 6.64. The number of nitrogens with two attached hydrogens (primary N) is 1. The number of methoxy groups -OCH3 is 1. The third kappa shape index (κ3) is 3.20. The maximum absolute atomic E-state index is 5.64. The minimum atomic E-state index is 0. The zero-order valence-corrected chi connectivity index (χ0v) is 12.4. The number of anilines is 1. The summed E-state index contributed by atoms with van der Waals surface area (Å²) >= 11 is 0. The molecule has 2 N–H and O–H groups in total. The highest BCUT2D eigenvalue weighted by atomic mass is 35.5. The van der Waals surface area contributed by atoms with Crippen LogP contribution in [0.4, 0.5) is 5.69 Å². The van der Waals surface area contributed by atoms with Gasteiger partial charge in [-0.05, 0) is 12.1 Å². The fourth-order valence-electron chi connectivity index (χ4n) is 2.15. The summed E-state index contributed by atoms with van der Waals surface area (Å²) in [6, 6.07) is 5.73. The first-order valence-corrected chi connectivity index (χ1v) is 6.37. The molecule has 0 saturated heterocycles. The fraction of sp³-hybridized carbons (Fsp3) is 0.385. The lowest BCUT2D eigenvalue weighted by Gasteiger charge is -2.30. The minimum absolute atomic E-state index is 0. The summed E-state index contributed by atoms with van der Waals surface area (Å²) in [5.41, 5.74) is 6.43. The molecular formula is C13H17ClN4O3. The van der Waals surface area contributed by atoms with E-state index in [2.05, 4.69) is 15.0 Å². The molecule has 7 nitrogen and oxygen atoms in total. The van der Waals surface area contributed by atoms with Crippen molar-refractivity contribution in [2.75, 3.05) is 25.2 Å². The summed E-state index contributed by atoms with van der Waals surface area (Å²) in [5, 5.41) is 3.92. The Morgan fingerprint density at radius 1 is 1.43 bits per heavy atom. The molecule has 1 aliphatic heterocycles. The average Bonchev–Trinajstić information content (AvgIpc) is 2.95. The first kappa shape index (κ1) is 15.4. The van der Waals surface area contributed by atoms with Gasteiger partial charge in [0.2, 0.25) is 5.89 Å². The van der Waals surface area contributed by atoms with Crippen LogP contribution in [0, 0.1) is 0 Å². The molecule has 1 aliphatic rings. The number of halogens is 1. The maximum Gasteiger partial charge on any atom is 0.240 e. The molecule has 0 fully saturated rings. The van der Waals surface area contributed by atoms with Crippen LogP contribution in [-0.4, -0.2) is 30.4 Å². The molecule has 2 heterocycles. The summed E-state index contributed by atoms with van der Waals surface area (Å²) in [6.07, 6.45) is 0. The Morgan fingerprint density at radius 3 is 3.00 bits per heavy atom. The van der Waals surface area contributed by atoms with Crippen LogP contribution >= 0.6 is 12.4 Å². The third-order valence-electron chi connectivity index (χ3n) is 3.14. The van der Waals surface area contributed by atoms with Crippen molar-refractivity contribution in [1.29, 1.82) is 0 Å². The van der Waals surface area contributed by atoms with E-state index < -0.39 is 0 Å². The normalized spacial score (nSPS) is 13.1. The molecule has 2 aromatic rings. The predicted octanol–water partition coefficient (Wildman–Crippen LogP) is 1.36. The molecule has 21 heavy (non-hydrogen) atoms. The summed E-state index contributed by atoms with van der Waals surface area (Å²) in [4.78, 5) is 6.35. The van der Waals surface area contributed by atoms with Crippen LogP contribution in [0.25, 0.3) is 0 Å². The highest BCUT2D eigenvalue weighted by molar-refractivity contribution is 5.85. The monoisotopic (exact) mass is 312 g/mol. The van der Waals surface area contributed by atoms with Gasteiger partial charge in [0, 0.05) is 6.07 Å². The van der Waals surface area contributed by atoms with E-state index in [0.717, 1.165) is 23.7 Å². The van der Waals surface area contributed by atoms with Gasteiger partial charge >= 0.3 is 0 Å². The molecule has 0 amide bonds. The van der Waals surface area contributed by atoms with Gasteiger partial charge in [0.25, 0.3) is 0 Å². The van der Waals surface area contributed by atoms with Crippen LogP contribution in [0.1, 0.15) is 11.7 Å². The van der Waals surface area contributed by atoms with E-state index in [0.29, 0.717) is 24.9 Å². The molecule has 0 saturated carbocycles. The zero-order chi connectivity index (χ0) is 13.9. The standard InChI is InChI=1S/C13H16N4O3.ClH/c1-18-9-2-3-11-10(6-9)17(4-5-19-11)8-12-15-13(7-14)20-16-12;/h2-3,6H,4-5,7-8,14H2,1H3;1H. The molecule has 3 rings (SSSR count). The lowest BCUT2D eigenvalue weighted by atomic mass is 10.2. The first-order chi connectivity index (χ1) is 9.80. The molecule has 1 aromatic heterocycles. The minimum Gasteiger partial charge on any atom is -0.497 e. The number of ether oxygens (including phenoxy) is 2. The Morgan fingerprint density at radius 2 is 2.29 bits per heavy atom. The second-order valence-electron chi connectivity index (χ2n) is 4.41. The molecule has 0 bridgehead atoms. The number of nitrogens with zero attached hydrogens (tertiary/aromatic N) is 3. The van der Waals surface area contributed by atoms with Crippen LogP contribution < -0.4 is 20.1 Å². The SMILES string of the molecule is COc1ccc2c(c1)N(Cc1noc(CN)n1)CCO2.Cl. The number of aromatic nitrogens is 2. The van der Waals surface area contributed by atoms with Crippen molar-refractivity contribution in [2.24, 2.45) is 5.73 Å². The summed E-state index contributed by atoms with van der Waals surface area (Å²) in [5.74, 6) is 2.68.